The van der Waals surface area contributed by atoms with Crippen LogP contribution in [-0.2, 0) is 6.54 Å². The third-order valence-corrected chi connectivity index (χ3v) is 6.67. The normalized spacial score (nSPS) is 15.3. The Bertz CT molecular complexity index is 1270. The number of carbonyl (C=O) groups is 2. The number of aromatic nitrogens is 2. The minimum atomic E-state index is -0.426. The van der Waals surface area contributed by atoms with Gasteiger partial charge >= 0.3 is 0 Å². The number of hydrogen-bond donors (Lipinski definition) is 0. The highest BCUT2D eigenvalue weighted by Crippen LogP contribution is 2.27. The lowest BCUT2D eigenvalue weighted by Gasteiger charge is -2.32. The number of rotatable bonds is 5. The van der Waals surface area contributed by atoms with E-state index in [-0.39, 0.29) is 24.1 Å². The number of pyridine rings is 2. The summed E-state index contributed by atoms with van der Waals surface area (Å²) in [5.41, 5.74) is 1.84. The fraction of sp³-hybridized carbons (Fsp3) is 0.400. The van der Waals surface area contributed by atoms with E-state index in [9.17, 15) is 14.0 Å². The first-order chi connectivity index (χ1) is 18.9. The van der Waals surface area contributed by atoms with Gasteiger partial charge in [-0.15, -0.1) is 0 Å². The van der Waals surface area contributed by atoms with E-state index in [0.29, 0.717) is 41.7 Å². The van der Waals surface area contributed by atoms with Gasteiger partial charge in [0.25, 0.3) is 11.8 Å². The van der Waals surface area contributed by atoms with E-state index in [2.05, 4.69) is 28.7 Å². The van der Waals surface area contributed by atoms with Crippen LogP contribution in [0.25, 0.3) is 0 Å². The van der Waals surface area contributed by atoms with Crippen LogP contribution in [0.4, 0.5) is 10.1 Å². The van der Waals surface area contributed by atoms with E-state index in [1.54, 1.807) is 52.4 Å². The zero-order valence-corrected chi connectivity index (χ0v) is 22.8. The molecule has 4 rings (SSSR count). The molecular weight excluding hydrogens is 497 g/mol. The molecule has 3 heterocycles. The van der Waals surface area contributed by atoms with Crippen LogP contribution < -0.4 is 9.64 Å². The molecule has 0 unspecified atom stereocenters. The molecular formula is C30H36FN5O3. The molecule has 0 aliphatic carbocycles. The second-order valence-corrected chi connectivity index (χ2v) is 10.2. The fourth-order valence-electron chi connectivity index (χ4n) is 4.94. The average molecular weight is 534 g/mol. The summed E-state index contributed by atoms with van der Waals surface area (Å²) in [5.74, 6) is -0.0893. The number of ether oxygens (including phenoxy) is 1. The van der Waals surface area contributed by atoms with Crippen molar-refractivity contribution in [2.24, 2.45) is 5.92 Å². The number of carbonyl (C=O) groups excluding carboxylic acids is 2. The molecule has 0 spiro atoms. The van der Waals surface area contributed by atoms with Crippen molar-refractivity contribution < 1.29 is 18.7 Å². The third-order valence-electron chi connectivity index (χ3n) is 6.67. The standard InChI is InChI=1S/C30H36FN5O3/c1-22(2)20-34-14-6-16-35(30(38)26-9-4-10-28(33-26)39-3)21-24-18-25(31)11-12-27(24)36(17-7-15-34)29(37)23-8-5-13-32-19-23/h4-5,8-13,18-19,22H,6-7,14-17,20-21H2,1-3H3. The first-order valence-corrected chi connectivity index (χ1v) is 13.4. The molecule has 0 N–H and O–H groups in total. The molecule has 0 bridgehead atoms. The maximum absolute atomic E-state index is 14.6. The summed E-state index contributed by atoms with van der Waals surface area (Å²) >= 11 is 0. The number of hydrogen-bond acceptors (Lipinski definition) is 6. The molecule has 0 fully saturated rings. The topological polar surface area (TPSA) is 78.9 Å². The van der Waals surface area contributed by atoms with Crippen molar-refractivity contribution in [3.8, 4) is 5.88 Å². The highest BCUT2D eigenvalue weighted by atomic mass is 19.1. The summed E-state index contributed by atoms with van der Waals surface area (Å²) in [6.07, 6.45) is 4.67. The molecule has 2 aromatic heterocycles. The number of anilines is 1. The zero-order valence-electron chi connectivity index (χ0n) is 22.8. The first kappa shape index (κ1) is 28.2. The van der Waals surface area contributed by atoms with Gasteiger partial charge in [-0.05, 0) is 73.8 Å². The second kappa shape index (κ2) is 13.3. The Morgan fingerprint density at radius 1 is 1.00 bits per heavy atom. The highest BCUT2D eigenvalue weighted by Gasteiger charge is 2.25. The molecule has 0 atom stereocenters. The molecule has 206 valence electrons. The SMILES string of the molecule is COc1cccc(C(=O)N2CCCN(CC(C)C)CCCN(C(=O)c3cccnc3)c3ccc(F)cc3C2)n1. The Morgan fingerprint density at radius 2 is 1.79 bits per heavy atom. The minimum absolute atomic E-state index is 0.131. The number of benzene rings is 1. The van der Waals surface area contributed by atoms with Crippen LogP contribution in [0.5, 0.6) is 5.88 Å². The predicted octanol–water partition coefficient (Wildman–Crippen LogP) is 4.67. The van der Waals surface area contributed by atoms with Crippen molar-refractivity contribution in [2.75, 3.05) is 44.7 Å². The van der Waals surface area contributed by atoms with Crippen molar-refractivity contribution in [1.29, 1.82) is 0 Å². The van der Waals surface area contributed by atoms with Crippen molar-refractivity contribution in [3.05, 3.63) is 83.6 Å². The van der Waals surface area contributed by atoms with Crippen LogP contribution in [0.15, 0.2) is 60.9 Å². The van der Waals surface area contributed by atoms with Crippen molar-refractivity contribution in [1.82, 2.24) is 19.8 Å². The van der Waals surface area contributed by atoms with Crippen LogP contribution in [-0.4, -0.2) is 71.4 Å². The summed E-state index contributed by atoms with van der Waals surface area (Å²) in [6, 6.07) is 12.9. The van der Waals surface area contributed by atoms with Gasteiger partial charge in [-0.2, -0.15) is 0 Å². The van der Waals surface area contributed by atoms with E-state index in [0.717, 1.165) is 32.5 Å². The molecule has 0 saturated carbocycles. The molecule has 0 saturated heterocycles. The number of nitrogens with zero attached hydrogens (tertiary/aromatic N) is 5. The van der Waals surface area contributed by atoms with Gasteiger partial charge in [-0.25, -0.2) is 9.37 Å². The molecule has 0 radical (unpaired) electrons. The number of amides is 2. The van der Waals surface area contributed by atoms with E-state index >= 15 is 0 Å². The Kier molecular flexibility index (Phi) is 9.59. The number of halogens is 1. The Morgan fingerprint density at radius 3 is 2.51 bits per heavy atom. The number of methoxy groups -OCH3 is 1. The van der Waals surface area contributed by atoms with Crippen LogP contribution >= 0.6 is 0 Å². The lowest BCUT2D eigenvalue weighted by atomic mass is 10.1. The Balaban J connectivity index is 1.74. The molecule has 1 aromatic carbocycles. The van der Waals surface area contributed by atoms with Crippen LogP contribution in [0.3, 0.4) is 0 Å². The summed E-state index contributed by atoms with van der Waals surface area (Å²) in [4.78, 5) is 41.6. The van der Waals surface area contributed by atoms with Crippen LogP contribution in [0, 0.1) is 11.7 Å². The van der Waals surface area contributed by atoms with Gasteiger partial charge in [-0.1, -0.05) is 19.9 Å². The van der Waals surface area contributed by atoms with Gasteiger partial charge in [0.05, 0.1) is 12.7 Å². The van der Waals surface area contributed by atoms with Crippen LogP contribution in [0.1, 0.15) is 53.1 Å². The van der Waals surface area contributed by atoms with E-state index in [1.807, 2.05) is 0 Å². The molecule has 8 nitrogen and oxygen atoms in total. The third kappa shape index (κ3) is 7.38. The molecule has 39 heavy (non-hydrogen) atoms. The van der Waals surface area contributed by atoms with Gasteiger partial charge in [-0.3, -0.25) is 14.6 Å². The van der Waals surface area contributed by atoms with Gasteiger partial charge in [0.1, 0.15) is 11.5 Å². The summed E-state index contributed by atoms with van der Waals surface area (Å²) in [7, 11) is 1.50. The summed E-state index contributed by atoms with van der Waals surface area (Å²) < 4.78 is 19.8. The Labute approximate surface area is 229 Å². The maximum atomic E-state index is 14.6. The second-order valence-electron chi connectivity index (χ2n) is 10.2. The lowest BCUT2D eigenvalue weighted by Crippen LogP contribution is -2.40. The lowest BCUT2D eigenvalue weighted by molar-refractivity contribution is 0.0726. The summed E-state index contributed by atoms with van der Waals surface area (Å²) in [6.45, 7) is 7.94. The molecule has 3 aromatic rings. The first-order valence-electron chi connectivity index (χ1n) is 13.4. The van der Waals surface area contributed by atoms with Crippen molar-refractivity contribution in [3.63, 3.8) is 0 Å². The molecule has 1 aliphatic heterocycles. The monoisotopic (exact) mass is 533 g/mol. The van der Waals surface area contributed by atoms with Gasteiger partial charge in [0.15, 0.2) is 0 Å². The van der Waals surface area contributed by atoms with Crippen LogP contribution in [0.2, 0.25) is 0 Å². The van der Waals surface area contributed by atoms with E-state index in [1.165, 1.54) is 25.4 Å². The number of fused-ring (bicyclic) bond motifs is 1. The smallest absolute Gasteiger partial charge is 0.272 e. The molecule has 1 aliphatic rings. The predicted molar refractivity (Wildman–Crippen MR) is 148 cm³/mol. The molecule has 9 heteroatoms. The Hall–Kier alpha value is -3.85. The van der Waals surface area contributed by atoms with E-state index < -0.39 is 5.82 Å². The van der Waals surface area contributed by atoms with Gasteiger partial charge in [0, 0.05) is 50.3 Å². The van der Waals surface area contributed by atoms with Crippen molar-refractivity contribution in [2.45, 2.75) is 33.2 Å². The zero-order chi connectivity index (χ0) is 27.8. The maximum Gasteiger partial charge on any atom is 0.272 e. The molecule has 2 amide bonds. The van der Waals surface area contributed by atoms with Crippen molar-refractivity contribution >= 4 is 17.5 Å². The highest BCUT2D eigenvalue weighted by molar-refractivity contribution is 6.06. The largest absolute Gasteiger partial charge is 0.481 e. The average Bonchev–Trinajstić information content (AvgIpc) is 2.94. The van der Waals surface area contributed by atoms with Gasteiger partial charge < -0.3 is 19.4 Å². The van der Waals surface area contributed by atoms with Gasteiger partial charge in [0.2, 0.25) is 5.88 Å². The minimum Gasteiger partial charge on any atom is -0.481 e. The quantitative estimate of drug-likeness (QED) is 0.475. The summed E-state index contributed by atoms with van der Waals surface area (Å²) in [5, 5.41) is 0. The fourth-order valence-corrected chi connectivity index (χ4v) is 4.94. The van der Waals surface area contributed by atoms with E-state index in [4.69, 9.17) is 4.74 Å².